The lowest BCUT2D eigenvalue weighted by Gasteiger charge is -2.08. The Bertz CT molecular complexity index is 617. The third-order valence-corrected chi connectivity index (χ3v) is 2.79. The van der Waals surface area contributed by atoms with Crippen LogP contribution in [0.4, 0.5) is 5.82 Å². The van der Waals surface area contributed by atoms with Gasteiger partial charge in [-0.3, -0.25) is 9.48 Å². The van der Waals surface area contributed by atoms with Crippen LogP contribution in [-0.2, 0) is 20.0 Å². The summed E-state index contributed by atoms with van der Waals surface area (Å²) >= 11 is 0. The van der Waals surface area contributed by atoms with Crippen molar-refractivity contribution in [2.45, 2.75) is 19.9 Å². The molecule has 0 unspecified atom stereocenters. The van der Waals surface area contributed by atoms with Crippen LogP contribution >= 0.6 is 0 Å². The summed E-state index contributed by atoms with van der Waals surface area (Å²) in [6.45, 7) is 2.60. The van der Waals surface area contributed by atoms with Crippen molar-refractivity contribution in [3.05, 3.63) is 34.1 Å². The van der Waals surface area contributed by atoms with Crippen LogP contribution in [0.1, 0.15) is 18.2 Å². The van der Waals surface area contributed by atoms with Gasteiger partial charge in [0.2, 0.25) is 5.75 Å². The molecular formula is C12H17N5O2. The van der Waals surface area contributed by atoms with Gasteiger partial charge in [0.15, 0.2) is 5.82 Å². The lowest BCUT2D eigenvalue weighted by Crippen LogP contribution is -2.14. The summed E-state index contributed by atoms with van der Waals surface area (Å²) in [5.74, 6) is 0.613. The maximum Gasteiger partial charge on any atom is 0.295 e. The van der Waals surface area contributed by atoms with Crippen LogP contribution in [0.25, 0.3) is 0 Å². The molecule has 7 nitrogen and oxygen atoms in total. The largest absolute Gasteiger partial charge is 0.489 e. The van der Waals surface area contributed by atoms with Crippen molar-refractivity contribution in [3.8, 4) is 5.75 Å². The van der Waals surface area contributed by atoms with Gasteiger partial charge in [0.25, 0.3) is 5.56 Å². The Kier molecular flexibility index (Phi) is 3.84. The topological polar surface area (TPSA) is 84.8 Å². The first-order valence-corrected chi connectivity index (χ1v) is 6.02. The van der Waals surface area contributed by atoms with Gasteiger partial charge in [-0.15, -0.1) is 0 Å². The molecule has 0 spiro atoms. The van der Waals surface area contributed by atoms with Gasteiger partial charge in [-0.25, -0.2) is 4.98 Å². The van der Waals surface area contributed by atoms with E-state index in [-0.39, 0.29) is 11.3 Å². The zero-order valence-electron chi connectivity index (χ0n) is 11.2. The van der Waals surface area contributed by atoms with E-state index >= 15 is 0 Å². The number of H-pyrrole nitrogens is 1. The van der Waals surface area contributed by atoms with Crippen LogP contribution in [0.3, 0.4) is 0 Å². The van der Waals surface area contributed by atoms with Crippen LogP contribution in [0.5, 0.6) is 5.75 Å². The van der Waals surface area contributed by atoms with E-state index in [1.54, 1.807) is 4.68 Å². The van der Waals surface area contributed by atoms with Gasteiger partial charge in [-0.1, -0.05) is 6.92 Å². The van der Waals surface area contributed by atoms with E-state index in [4.69, 9.17) is 4.74 Å². The van der Waals surface area contributed by atoms with Crippen LogP contribution in [0.2, 0.25) is 0 Å². The molecule has 0 atom stereocenters. The molecule has 19 heavy (non-hydrogen) atoms. The van der Waals surface area contributed by atoms with Gasteiger partial charge in [0.05, 0.1) is 19.1 Å². The normalized spacial score (nSPS) is 10.5. The third kappa shape index (κ3) is 2.75. The number of aromatic nitrogens is 4. The predicted octanol–water partition coefficient (Wildman–Crippen LogP) is 0.686. The van der Waals surface area contributed by atoms with Crippen molar-refractivity contribution in [1.82, 2.24) is 19.7 Å². The fourth-order valence-electron chi connectivity index (χ4n) is 1.91. The number of ether oxygens (including phenoxy) is 1. The molecule has 2 aromatic heterocycles. The number of aromatic amines is 1. The molecule has 0 amide bonds. The number of methoxy groups -OCH3 is 1. The standard InChI is InChI=1S/C12H17N5O2/c1-4-9-8(6-17(2)16-9)5-13-11-10(19-3)12(18)15-7-14-11/h6-7H,4-5H2,1-3H3,(H2,13,14,15,18). The maximum absolute atomic E-state index is 11.5. The number of nitrogens with one attached hydrogen (secondary N) is 2. The Labute approximate surface area is 110 Å². The summed E-state index contributed by atoms with van der Waals surface area (Å²) in [5, 5.41) is 7.46. The molecule has 0 aliphatic rings. The van der Waals surface area contributed by atoms with Crippen LogP contribution in [0, 0.1) is 0 Å². The van der Waals surface area contributed by atoms with Crippen molar-refractivity contribution in [3.63, 3.8) is 0 Å². The summed E-state index contributed by atoms with van der Waals surface area (Å²) in [4.78, 5) is 18.1. The van der Waals surface area contributed by atoms with E-state index in [1.165, 1.54) is 13.4 Å². The molecule has 7 heteroatoms. The molecule has 2 N–H and O–H groups in total. The van der Waals surface area contributed by atoms with Gasteiger partial charge in [0.1, 0.15) is 0 Å². The van der Waals surface area contributed by atoms with Gasteiger partial charge in [-0.05, 0) is 6.42 Å². The minimum atomic E-state index is -0.304. The number of hydrogen-bond acceptors (Lipinski definition) is 5. The summed E-state index contributed by atoms with van der Waals surface area (Å²) in [5.41, 5.74) is 1.80. The van der Waals surface area contributed by atoms with E-state index < -0.39 is 0 Å². The lowest BCUT2D eigenvalue weighted by molar-refractivity contribution is 0.408. The van der Waals surface area contributed by atoms with E-state index in [1.807, 2.05) is 13.2 Å². The highest BCUT2D eigenvalue weighted by molar-refractivity contribution is 5.48. The number of hydrogen-bond donors (Lipinski definition) is 2. The Morgan fingerprint density at radius 3 is 3.00 bits per heavy atom. The first kappa shape index (κ1) is 13.1. The summed E-state index contributed by atoms with van der Waals surface area (Å²) in [7, 11) is 3.33. The van der Waals surface area contributed by atoms with E-state index in [0.717, 1.165) is 17.7 Å². The van der Waals surface area contributed by atoms with E-state index in [0.29, 0.717) is 12.4 Å². The molecule has 102 valence electrons. The van der Waals surface area contributed by atoms with E-state index in [2.05, 4.69) is 27.3 Å². The lowest BCUT2D eigenvalue weighted by atomic mass is 10.2. The Balaban J connectivity index is 2.19. The van der Waals surface area contributed by atoms with Crippen molar-refractivity contribution in [2.24, 2.45) is 7.05 Å². The van der Waals surface area contributed by atoms with Gasteiger partial charge in [-0.2, -0.15) is 5.10 Å². The minimum absolute atomic E-state index is 0.185. The molecule has 0 fully saturated rings. The second-order valence-electron chi connectivity index (χ2n) is 4.10. The first-order valence-electron chi connectivity index (χ1n) is 6.02. The zero-order valence-corrected chi connectivity index (χ0v) is 11.2. The molecule has 0 aliphatic heterocycles. The highest BCUT2D eigenvalue weighted by Gasteiger charge is 2.10. The van der Waals surface area contributed by atoms with Gasteiger partial charge in [0, 0.05) is 25.4 Å². The van der Waals surface area contributed by atoms with Gasteiger partial charge >= 0.3 is 0 Å². The molecular weight excluding hydrogens is 246 g/mol. The number of rotatable bonds is 5. The molecule has 0 bridgehead atoms. The van der Waals surface area contributed by atoms with E-state index in [9.17, 15) is 4.79 Å². The second kappa shape index (κ2) is 5.55. The average Bonchev–Trinajstić information content (AvgIpc) is 2.76. The fraction of sp³-hybridized carbons (Fsp3) is 0.417. The SMILES string of the molecule is CCc1nn(C)cc1CNc1nc[nH]c(=O)c1OC. The highest BCUT2D eigenvalue weighted by atomic mass is 16.5. The fourth-order valence-corrected chi connectivity index (χ4v) is 1.91. The Morgan fingerprint density at radius 1 is 1.53 bits per heavy atom. The molecule has 0 saturated heterocycles. The second-order valence-corrected chi connectivity index (χ2v) is 4.10. The maximum atomic E-state index is 11.5. The van der Waals surface area contributed by atoms with Crippen LogP contribution < -0.4 is 15.6 Å². The monoisotopic (exact) mass is 263 g/mol. The quantitative estimate of drug-likeness (QED) is 0.829. The minimum Gasteiger partial charge on any atom is -0.489 e. The zero-order chi connectivity index (χ0) is 13.8. The van der Waals surface area contributed by atoms with Crippen molar-refractivity contribution in [2.75, 3.05) is 12.4 Å². The molecule has 0 aliphatic carbocycles. The highest BCUT2D eigenvalue weighted by Crippen LogP contribution is 2.16. The molecule has 0 radical (unpaired) electrons. The van der Waals surface area contributed by atoms with Gasteiger partial charge < -0.3 is 15.0 Å². The number of aryl methyl sites for hydroxylation is 2. The Hall–Kier alpha value is -2.31. The van der Waals surface area contributed by atoms with Crippen molar-refractivity contribution >= 4 is 5.82 Å². The number of nitrogens with zero attached hydrogens (tertiary/aromatic N) is 3. The predicted molar refractivity (Wildman–Crippen MR) is 71.3 cm³/mol. The smallest absolute Gasteiger partial charge is 0.295 e. The molecule has 2 rings (SSSR count). The van der Waals surface area contributed by atoms with Crippen molar-refractivity contribution in [1.29, 1.82) is 0 Å². The summed E-state index contributed by atoms with van der Waals surface area (Å²) < 4.78 is 6.81. The van der Waals surface area contributed by atoms with Crippen LogP contribution in [-0.4, -0.2) is 26.9 Å². The van der Waals surface area contributed by atoms with Crippen molar-refractivity contribution < 1.29 is 4.74 Å². The molecule has 0 aromatic carbocycles. The molecule has 2 heterocycles. The van der Waals surface area contributed by atoms with Crippen LogP contribution in [0.15, 0.2) is 17.3 Å². The Morgan fingerprint density at radius 2 is 2.32 bits per heavy atom. The molecule has 2 aromatic rings. The third-order valence-electron chi connectivity index (χ3n) is 2.79. The average molecular weight is 263 g/mol. The summed E-state index contributed by atoms with van der Waals surface area (Å²) in [6.07, 6.45) is 4.15. The molecule has 0 saturated carbocycles. The summed E-state index contributed by atoms with van der Waals surface area (Å²) in [6, 6.07) is 0. The first-order chi connectivity index (χ1) is 9.15. The number of anilines is 1.